The van der Waals surface area contributed by atoms with Crippen molar-refractivity contribution in [2.45, 2.75) is 37.0 Å². The standard InChI is InChI=1S/C17H32N4OS2/c1-2-18-16(19-12-15-4-3-10-24-15)20-13-17(5-11-23-14-17)21-6-8-22-9-7-21/h15H,2-14H2,1H3,(H2,18,19,20). The minimum Gasteiger partial charge on any atom is -0.379 e. The molecule has 2 atom stereocenters. The van der Waals surface area contributed by atoms with Crippen LogP contribution in [-0.2, 0) is 4.74 Å². The highest BCUT2D eigenvalue weighted by Gasteiger charge is 2.40. The molecule has 0 aromatic rings. The third-order valence-corrected chi connectivity index (χ3v) is 7.79. The van der Waals surface area contributed by atoms with Crippen LogP contribution in [0.25, 0.3) is 0 Å². The third kappa shape index (κ3) is 4.96. The maximum absolute atomic E-state index is 5.55. The van der Waals surface area contributed by atoms with Gasteiger partial charge in [0.05, 0.1) is 25.3 Å². The number of thioether (sulfide) groups is 2. The van der Waals surface area contributed by atoms with Crippen molar-refractivity contribution >= 4 is 29.5 Å². The Bertz CT molecular complexity index is 403. The van der Waals surface area contributed by atoms with Crippen LogP contribution in [0.5, 0.6) is 0 Å². The fourth-order valence-electron chi connectivity index (χ4n) is 3.69. The zero-order valence-corrected chi connectivity index (χ0v) is 16.5. The van der Waals surface area contributed by atoms with Crippen molar-refractivity contribution in [2.24, 2.45) is 4.99 Å². The molecule has 0 aromatic heterocycles. The number of nitrogens with zero attached hydrogens (tertiary/aromatic N) is 2. The molecule has 0 bridgehead atoms. The number of hydrogen-bond acceptors (Lipinski definition) is 5. The first-order valence-electron chi connectivity index (χ1n) is 9.37. The summed E-state index contributed by atoms with van der Waals surface area (Å²) in [6.07, 6.45) is 3.95. The Balaban J connectivity index is 1.59. The molecule has 5 nitrogen and oxygen atoms in total. The average molecular weight is 373 g/mol. The Morgan fingerprint density at radius 3 is 2.83 bits per heavy atom. The number of nitrogens with one attached hydrogen (secondary N) is 2. The molecule has 3 saturated heterocycles. The number of rotatable bonds is 6. The maximum atomic E-state index is 5.55. The lowest BCUT2D eigenvalue weighted by Gasteiger charge is -2.42. The van der Waals surface area contributed by atoms with Crippen LogP contribution in [0.2, 0.25) is 0 Å². The summed E-state index contributed by atoms with van der Waals surface area (Å²) in [6, 6.07) is 0. The molecule has 0 spiro atoms. The van der Waals surface area contributed by atoms with Crippen molar-refractivity contribution in [3.63, 3.8) is 0 Å². The number of hydrogen-bond donors (Lipinski definition) is 2. The summed E-state index contributed by atoms with van der Waals surface area (Å²) in [5.74, 6) is 4.77. The monoisotopic (exact) mass is 372 g/mol. The van der Waals surface area contributed by atoms with Crippen molar-refractivity contribution in [3.8, 4) is 0 Å². The van der Waals surface area contributed by atoms with Gasteiger partial charge in [-0.2, -0.15) is 23.5 Å². The zero-order valence-electron chi connectivity index (χ0n) is 14.9. The van der Waals surface area contributed by atoms with E-state index in [-0.39, 0.29) is 5.54 Å². The SMILES string of the molecule is CCNC(=NCC1(N2CCOCC2)CCSC1)NCC1CCCS1. The van der Waals surface area contributed by atoms with E-state index >= 15 is 0 Å². The van der Waals surface area contributed by atoms with Crippen molar-refractivity contribution in [1.29, 1.82) is 0 Å². The van der Waals surface area contributed by atoms with Gasteiger partial charge in [-0.1, -0.05) is 0 Å². The summed E-state index contributed by atoms with van der Waals surface area (Å²) in [5, 5.41) is 7.76. The lowest BCUT2D eigenvalue weighted by atomic mass is 9.96. The second-order valence-electron chi connectivity index (χ2n) is 6.84. The van der Waals surface area contributed by atoms with Gasteiger partial charge in [0.2, 0.25) is 0 Å². The van der Waals surface area contributed by atoms with Gasteiger partial charge in [-0.25, -0.2) is 0 Å². The smallest absolute Gasteiger partial charge is 0.191 e. The number of ether oxygens (including phenoxy) is 1. The normalized spacial score (nSPS) is 32.2. The van der Waals surface area contributed by atoms with Gasteiger partial charge in [0.25, 0.3) is 0 Å². The maximum Gasteiger partial charge on any atom is 0.191 e. The van der Waals surface area contributed by atoms with E-state index in [2.05, 4.69) is 46.0 Å². The van der Waals surface area contributed by atoms with E-state index in [4.69, 9.17) is 9.73 Å². The van der Waals surface area contributed by atoms with E-state index in [1.165, 1.54) is 36.5 Å². The second kappa shape index (κ2) is 9.55. The highest BCUT2D eigenvalue weighted by atomic mass is 32.2. The first kappa shape index (κ1) is 18.7. The van der Waals surface area contributed by atoms with Crippen molar-refractivity contribution in [1.82, 2.24) is 15.5 Å². The van der Waals surface area contributed by atoms with Crippen LogP contribution in [0.3, 0.4) is 0 Å². The second-order valence-corrected chi connectivity index (χ2v) is 9.35. The van der Waals surface area contributed by atoms with E-state index in [1.807, 2.05) is 0 Å². The van der Waals surface area contributed by atoms with Gasteiger partial charge in [0.15, 0.2) is 5.96 Å². The lowest BCUT2D eigenvalue weighted by molar-refractivity contribution is -0.0104. The molecule has 3 heterocycles. The van der Waals surface area contributed by atoms with E-state index < -0.39 is 0 Å². The third-order valence-electron chi connectivity index (χ3n) is 5.16. The minimum atomic E-state index is 0.235. The number of aliphatic imine (C=N–C) groups is 1. The Kier molecular flexibility index (Phi) is 7.43. The Hall–Kier alpha value is -0.110. The van der Waals surface area contributed by atoms with E-state index in [0.29, 0.717) is 0 Å². The van der Waals surface area contributed by atoms with Crippen LogP contribution >= 0.6 is 23.5 Å². The number of morpholine rings is 1. The van der Waals surface area contributed by atoms with Gasteiger partial charge in [0, 0.05) is 37.2 Å². The predicted molar refractivity (Wildman–Crippen MR) is 107 cm³/mol. The topological polar surface area (TPSA) is 48.9 Å². The van der Waals surface area contributed by atoms with Crippen LogP contribution in [0.15, 0.2) is 4.99 Å². The molecule has 0 aromatic carbocycles. The average Bonchev–Trinajstić information content (AvgIpc) is 3.31. The Labute approximate surface area is 155 Å². The predicted octanol–water partition coefficient (Wildman–Crippen LogP) is 1.65. The Morgan fingerprint density at radius 2 is 2.17 bits per heavy atom. The summed E-state index contributed by atoms with van der Waals surface area (Å²) in [7, 11) is 0. The van der Waals surface area contributed by atoms with Crippen molar-refractivity contribution < 1.29 is 4.74 Å². The van der Waals surface area contributed by atoms with Crippen molar-refractivity contribution in [2.75, 3.05) is 63.2 Å². The van der Waals surface area contributed by atoms with Gasteiger partial charge in [-0.05, 0) is 37.7 Å². The largest absolute Gasteiger partial charge is 0.379 e. The van der Waals surface area contributed by atoms with Crippen LogP contribution in [-0.4, -0.2) is 84.8 Å². The first-order chi connectivity index (χ1) is 11.8. The molecule has 3 fully saturated rings. The van der Waals surface area contributed by atoms with Crippen LogP contribution in [0.1, 0.15) is 26.2 Å². The quantitative estimate of drug-likeness (QED) is 0.546. The fraction of sp³-hybridized carbons (Fsp3) is 0.941. The molecule has 2 N–H and O–H groups in total. The van der Waals surface area contributed by atoms with Crippen LogP contribution < -0.4 is 10.6 Å². The first-order valence-corrected chi connectivity index (χ1v) is 11.6. The van der Waals surface area contributed by atoms with Crippen molar-refractivity contribution in [3.05, 3.63) is 0 Å². The lowest BCUT2D eigenvalue weighted by Crippen LogP contribution is -2.56. The molecule has 24 heavy (non-hydrogen) atoms. The molecule has 3 aliphatic heterocycles. The summed E-state index contributed by atoms with van der Waals surface area (Å²) in [6.45, 7) is 8.84. The van der Waals surface area contributed by atoms with Crippen LogP contribution in [0.4, 0.5) is 0 Å². The molecule has 0 saturated carbocycles. The van der Waals surface area contributed by atoms with Gasteiger partial charge in [-0.3, -0.25) is 9.89 Å². The molecule has 3 aliphatic rings. The zero-order chi connectivity index (χ0) is 16.7. The molecule has 0 amide bonds. The summed E-state index contributed by atoms with van der Waals surface area (Å²) in [5.41, 5.74) is 0.235. The Morgan fingerprint density at radius 1 is 1.29 bits per heavy atom. The summed E-state index contributed by atoms with van der Waals surface area (Å²) < 4.78 is 5.55. The minimum absolute atomic E-state index is 0.235. The summed E-state index contributed by atoms with van der Waals surface area (Å²) >= 11 is 4.17. The molecule has 138 valence electrons. The molecule has 2 unspecified atom stereocenters. The molecular weight excluding hydrogens is 340 g/mol. The van der Waals surface area contributed by atoms with E-state index in [0.717, 1.165) is 57.1 Å². The van der Waals surface area contributed by atoms with Crippen LogP contribution in [0, 0.1) is 0 Å². The van der Waals surface area contributed by atoms with E-state index in [1.54, 1.807) is 0 Å². The van der Waals surface area contributed by atoms with Gasteiger partial charge >= 0.3 is 0 Å². The van der Waals surface area contributed by atoms with Gasteiger partial charge in [-0.15, -0.1) is 0 Å². The highest BCUT2D eigenvalue weighted by molar-refractivity contribution is 8.00. The molecule has 0 radical (unpaired) electrons. The summed E-state index contributed by atoms with van der Waals surface area (Å²) in [4.78, 5) is 7.63. The van der Waals surface area contributed by atoms with Gasteiger partial charge < -0.3 is 15.4 Å². The highest BCUT2D eigenvalue weighted by Crippen LogP contribution is 2.34. The number of guanidine groups is 1. The molecule has 0 aliphatic carbocycles. The van der Waals surface area contributed by atoms with E-state index in [9.17, 15) is 0 Å². The fourth-order valence-corrected chi connectivity index (χ4v) is 6.36. The molecule has 3 rings (SSSR count). The molecular formula is C17H32N4OS2. The van der Waals surface area contributed by atoms with Gasteiger partial charge in [0.1, 0.15) is 0 Å². The molecule has 7 heteroatoms.